The Morgan fingerprint density at radius 2 is 1.68 bits per heavy atom. The Morgan fingerprint density at radius 1 is 0.947 bits per heavy atom. The average Bonchev–Trinajstić information content (AvgIpc) is 3.42. The van der Waals surface area contributed by atoms with Gasteiger partial charge < -0.3 is 9.80 Å². The number of para-hydroxylation sites is 1. The summed E-state index contributed by atoms with van der Waals surface area (Å²) >= 11 is 0. The number of rotatable bonds is 5. The summed E-state index contributed by atoms with van der Waals surface area (Å²) in [5, 5.41) is 4.45. The highest BCUT2D eigenvalue weighted by molar-refractivity contribution is 5.92. The van der Waals surface area contributed by atoms with Gasteiger partial charge in [0.2, 0.25) is 11.8 Å². The Morgan fingerprint density at radius 3 is 2.42 bits per heavy atom. The number of hydrogen-bond acceptors (Lipinski definition) is 5. The molecule has 1 aromatic heterocycles. The second kappa shape index (κ2) is 11.5. The molecule has 2 bridgehead atoms. The van der Waals surface area contributed by atoms with Crippen molar-refractivity contribution in [2.24, 2.45) is 0 Å². The van der Waals surface area contributed by atoms with Crippen LogP contribution in [0.1, 0.15) is 55.4 Å². The van der Waals surface area contributed by atoms with Crippen LogP contribution in [0.2, 0.25) is 0 Å². The molecule has 3 aromatic rings. The summed E-state index contributed by atoms with van der Waals surface area (Å²) in [6, 6.07) is 19.2. The van der Waals surface area contributed by atoms with Crippen LogP contribution in [0.15, 0.2) is 54.6 Å². The zero-order valence-corrected chi connectivity index (χ0v) is 22.7. The first-order chi connectivity index (χ1) is 18.4. The highest BCUT2D eigenvalue weighted by atomic mass is 16.2. The highest BCUT2D eigenvalue weighted by Crippen LogP contribution is 2.32. The van der Waals surface area contributed by atoms with Crippen molar-refractivity contribution in [3.63, 3.8) is 0 Å². The van der Waals surface area contributed by atoms with Gasteiger partial charge in [0.25, 0.3) is 0 Å². The highest BCUT2D eigenvalue weighted by Gasteiger charge is 2.36. The van der Waals surface area contributed by atoms with Gasteiger partial charge in [0.1, 0.15) is 11.6 Å². The molecule has 2 amide bonds. The normalized spacial score (nSPS) is 20.2. The lowest BCUT2D eigenvalue weighted by molar-refractivity contribution is -0.133. The lowest BCUT2D eigenvalue weighted by Gasteiger charge is -2.34. The maximum absolute atomic E-state index is 13.8. The largest absolute Gasteiger partial charge is 0.337 e. The molecule has 2 aliphatic heterocycles. The number of fused-ring (bicyclic) bond motifs is 3. The molecule has 0 N–H and O–H groups in total. The van der Waals surface area contributed by atoms with E-state index in [9.17, 15) is 9.59 Å². The first-order valence-corrected chi connectivity index (χ1v) is 13.7. The average molecular weight is 515 g/mol. The molecular weight excluding hydrogens is 476 g/mol. The number of carbonyl (C=O) groups is 2. The van der Waals surface area contributed by atoms with Crippen molar-refractivity contribution in [2.45, 2.75) is 78.2 Å². The van der Waals surface area contributed by atoms with Crippen LogP contribution in [0.5, 0.6) is 0 Å². The van der Waals surface area contributed by atoms with E-state index in [-0.39, 0.29) is 17.9 Å². The standard InChI is InChI=1S/C30H38N6O2/c1-22-31-23(2)36(32-22)18-16-30(38)33-20-26-11-7-8-12-29(26)34(24(3)37)17-15-27-13-14-28(21-33)35(27)19-25-9-5-4-6-10-25/h4-12,27-28H,13-21H2,1-3H3/t27-,28+/m0/s1. The van der Waals surface area contributed by atoms with Crippen molar-refractivity contribution in [1.29, 1.82) is 0 Å². The van der Waals surface area contributed by atoms with Crippen molar-refractivity contribution in [2.75, 3.05) is 18.0 Å². The monoisotopic (exact) mass is 514 g/mol. The van der Waals surface area contributed by atoms with Gasteiger partial charge in [0.05, 0.1) is 6.54 Å². The predicted molar refractivity (Wildman–Crippen MR) is 147 cm³/mol. The molecular formula is C30H38N6O2. The van der Waals surface area contributed by atoms with Crippen molar-refractivity contribution in [3.8, 4) is 0 Å². The van der Waals surface area contributed by atoms with Crippen LogP contribution < -0.4 is 4.90 Å². The number of amides is 2. The maximum atomic E-state index is 13.8. The van der Waals surface area contributed by atoms with Crippen LogP contribution >= 0.6 is 0 Å². The Labute approximate surface area is 225 Å². The molecule has 1 saturated heterocycles. The van der Waals surface area contributed by atoms with Crippen molar-refractivity contribution < 1.29 is 9.59 Å². The van der Waals surface area contributed by atoms with E-state index in [1.807, 2.05) is 58.7 Å². The van der Waals surface area contributed by atoms with Crippen LogP contribution in [-0.2, 0) is 29.2 Å². The fourth-order valence-corrected chi connectivity index (χ4v) is 6.05. The predicted octanol–water partition coefficient (Wildman–Crippen LogP) is 4.10. The van der Waals surface area contributed by atoms with Crippen LogP contribution in [0.4, 0.5) is 5.69 Å². The van der Waals surface area contributed by atoms with Crippen LogP contribution in [0.3, 0.4) is 0 Å². The molecule has 3 heterocycles. The number of benzene rings is 2. The minimum Gasteiger partial charge on any atom is -0.337 e. The van der Waals surface area contributed by atoms with Gasteiger partial charge in [-0.1, -0.05) is 48.5 Å². The lowest BCUT2D eigenvalue weighted by Crippen LogP contribution is -2.45. The van der Waals surface area contributed by atoms with Gasteiger partial charge in [-0.15, -0.1) is 0 Å². The molecule has 38 heavy (non-hydrogen) atoms. The molecule has 2 aromatic carbocycles. The molecule has 0 aliphatic carbocycles. The molecule has 1 fully saturated rings. The number of aryl methyl sites for hydroxylation is 3. The third-order valence-electron chi connectivity index (χ3n) is 7.97. The van der Waals surface area contributed by atoms with Crippen LogP contribution in [-0.4, -0.2) is 61.6 Å². The number of aromatic nitrogens is 3. The van der Waals surface area contributed by atoms with Gasteiger partial charge in [0.15, 0.2) is 0 Å². The summed E-state index contributed by atoms with van der Waals surface area (Å²) in [4.78, 5) is 37.4. The van der Waals surface area contributed by atoms with Crippen LogP contribution in [0, 0.1) is 13.8 Å². The minimum absolute atomic E-state index is 0.0377. The van der Waals surface area contributed by atoms with Gasteiger partial charge in [-0.25, -0.2) is 9.67 Å². The first kappa shape index (κ1) is 26.1. The fourth-order valence-electron chi connectivity index (χ4n) is 6.05. The van der Waals surface area contributed by atoms with Gasteiger partial charge >= 0.3 is 0 Å². The zero-order valence-electron chi connectivity index (χ0n) is 22.7. The van der Waals surface area contributed by atoms with E-state index in [1.165, 1.54) is 5.56 Å². The molecule has 0 radical (unpaired) electrons. The maximum Gasteiger partial charge on any atom is 0.224 e. The molecule has 2 atom stereocenters. The molecule has 2 aliphatic rings. The molecule has 200 valence electrons. The van der Waals surface area contributed by atoms with Gasteiger partial charge in [-0.2, -0.15) is 5.10 Å². The zero-order chi connectivity index (χ0) is 26.6. The summed E-state index contributed by atoms with van der Waals surface area (Å²) in [6.07, 6.45) is 3.39. The Bertz CT molecular complexity index is 1270. The van der Waals surface area contributed by atoms with Crippen LogP contribution in [0.25, 0.3) is 0 Å². The van der Waals surface area contributed by atoms with E-state index >= 15 is 0 Å². The summed E-state index contributed by atoms with van der Waals surface area (Å²) in [5.74, 6) is 1.68. The molecule has 8 heteroatoms. The summed E-state index contributed by atoms with van der Waals surface area (Å²) in [5.41, 5.74) is 3.20. The van der Waals surface area contributed by atoms with E-state index in [1.54, 1.807) is 6.92 Å². The molecule has 0 saturated carbocycles. The number of hydrogen-bond donors (Lipinski definition) is 0. The molecule has 0 spiro atoms. The van der Waals surface area contributed by atoms with Crippen molar-refractivity contribution in [1.82, 2.24) is 24.6 Å². The van der Waals surface area contributed by atoms with Gasteiger partial charge in [-0.05, 0) is 50.3 Å². The third-order valence-corrected chi connectivity index (χ3v) is 7.97. The SMILES string of the molecule is CC(=O)N1CC[C@@H]2CC[C@H](CN(C(=O)CCn3nc(C)nc3C)Cc3ccccc31)N2Cc1ccccc1. The number of anilines is 1. The van der Waals surface area contributed by atoms with Crippen molar-refractivity contribution in [3.05, 3.63) is 77.4 Å². The topological polar surface area (TPSA) is 74.6 Å². The van der Waals surface area contributed by atoms with E-state index in [0.29, 0.717) is 38.6 Å². The molecule has 0 unspecified atom stereocenters. The summed E-state index contributed by atoms with van der Waals surface area (Å²) in [6.45, 7) is 8.61. The van der Waals surface area contributed by atoms with E-state index in [4.69, 9.17) is 0 Å². The summed E-state index contributed by atoms with van der Waals surface area (Å²) < 4.78 is 1.82. The molecule has 5 rings (SSSR count). The van der Waals surface area contributed by atoms with Crippen molar-refractivity contribution >= 4 is 17.5 Å². The van der Waals surface area contributed by atoms with Gasteiger partial charge in [0, 0.05) is 57.3 Å². The first-order valence-electron chi connectivity index (χ1n) is 13.7. The summed E-state index contributed by atoms with van der Waals surface area (Å²) in [7, 11) is 0. The minimum atomic E-state index is 0.0377. The Kier molecular flexibility index (Phi) is 7.88. The lowest BCUT2D eigenvalue weighted by atomic mass is 10.1. The number of nitrogens with zero attached hydrogens (tertiary/aromatic N) is 6. The van der Waals surface area contributed by atoms with E-state index in [2.05, 4.69) is 39.2 Å². The quantitative estimate of drug-likeness (QED) is 0.513. The molecule has 8 nitrogen and oxygen atoms in total. The second-order valence-corrected chi connectivity index (χ2v) is 10.6. The Hall–Kier alpha value is -3.52. The van der Waals surface area contributed by atoms with Gasteiger partial charge in [-0.3, -0.25) is 14.5 Å². The number of carbonyl (C=O) groups excluding carboxylic acids is 2. The van der Waals surface area contributed by atoms with E-state index < -0.39 is 0 Å². The Balaban J connectivity index is 1.45. The fraction of sp³-hybridized carbons (Fsp3) is 0.467. The third kappa shape index (κ3) is 5.80. The van der Waals surface area contributed by atoms with E-state index in [0.717, 1.165) is 48.7 Å². The smallest absolute Gasteiger partial charge is 0.224 e. The second-order valence-electron chi connectivity index (χ2n) is 10.6.